The van der Waals surface area contributed by atoms with Crippen molar-refractivity contribution in [2.75, 3.05) is 43.0 Å². The molecular weight excluding hydrogens is 640 g/mol. The van der Waals surface area contributed by atoms with E-state index in [9.17, 15) is 24.3 Å². The van der Waals surface area contributed by atoms with E-state index in [0.29, 0.717) is 25.2 Å². The Bertz CT molecular complexity index is 1480. The van der Waals surface area contributed by atoms with Crippen molar-refractivity contribution < 1.29 is 43.9 Å². The molecule has 19 heteroatoms. The van der Waals surface area contributed by atoms with Gasteiger partial charge in [0.15, 0.2) is 29.8 Å². The third-order valence-electron chi connectivity index (χ3n) is 6.41. The summed E-state index contributed by atoms with van der Waals surface area (Å²) in [4.78, 5) is 59.9. The minimum Gasteiger partial charge on any atom is -0.478 e. The summed E-state index contributed by atoms with van der Waals surface area (Å²) < 4.78 is 1.79. The van der Waals surface area contributed by atoms with Gasteiger partial charge in [0.05, 0.1) is 6.61 Å². The van der Waals surface area contributed by atoms with Crippen LogP contribution in [0.15, 0.2) is 41.0 Å². The number of carbonyl (C=O) groups excluding carboxylic acids is 2. The molecule has 0 unspecified atom stereocenters. The second-order valence-electron chi connectivity index (χ2n) is 9.48. The van der Waals surface area contributed by atoms with E-state index in [1.54, 1.807) is 17.0 Å². The van der Waals surface area contributed by atoms with Gasteiger partial charge in [-0.1, -0.05) is 28.1 Å². The summed E-state index contributed by atoms with van der Waals surface area (Å²) in [7, 11) is 0. The second-order valence-corrected chi connectivity index (χ2v) is 12.2. The summed E-state index contributed by atoms with van der Waals surface area (Å²) in [6, 6.07) is 2.58. The number of aliphatic carboxylic acids is 2. The van der Waals surface area contributed by atoms with Gasteiger partial charge in [-0.05, 0) is 6.92 Å². The first-order valence-corrected chi connectivity index (χ1v) is 15.4. The maximum absolute atomic E-state index is 13.2. The molecule has 0 spiro atoms. The quantitative estimate of drug-likeness (QED) is 0.0409. The topological polar surface area (TPSA) is 233 Å². The monoisotopic (exact) mass is 669 g/mol. The molecule has 0 saturated carbocycles. The zero-order valence-electron chi connectivity index (χ0n) is 23.2. The first-order valence-electron chi connectivity index (χ1n) is 13.2. The average molecular weight is 670 g/mol. The summed E-state index contributed by atoms with van der Waals surface area (Å²) in [5.74, 6) is -3.92. The number of nitrogens with one attached hydrogen (secondary N) is 3. The first kappa shape index (κ1) is 32.9. The highest BCUT2D eigenvalue weighted by atomic mass is 35.5. The number of nitrogen functional groups attached to an aromatic ring is 1. The number of hydrogen-bond acceptors (Lipinski definition) is 13. The van der Waals surface area contributed by atoms with Crippen LogP contribution < -0.4 is 26.3 Å². The van der Waals surface area contributed by atoms with E-state index in [1.807, 2.05) is 12.1 Å². The Morgan fingerprint density at radius 1 is 1.27 bits per heavy atom. The fourth-order valence-corrected chi connectivity index (χ4v) is 6.51. The minimum absolute atomic E-state index is 0.00584. The Hall–Kier alpha value is -3.97. The van der Waals surface area contributed by atoms with E-state index < -0.39 is 47.0 Å². The van der Waals surface area contributed by atoms with E-state index in [0.717, 1.165) is 21.9 Å². The average Bonchev–Trinajstić information content (AvgIpc) is 3.33. The molecule has 3 atom stereocenters. The molecule has 2 amide bonds. The van der Waals surface area contributed by atoms with Crippen molar-refractivity contribution in [3.05, 3.63) is 45.8 Å². The number of thiazole rings is 1. The number of nitrogens with zero attached hydrogens (tertiary/aromatic N) is 4. The highest BCUT2D eigenvalue weighted by molar-refractivity contribution is 8.00. The van der Waals surface area contributed by atoms with Gasteiger partial charge in [-0.15, -0.1) is 11.8 Å². The molecule has 2 aliphatic rings. The van der Waals surface area contributed by atoms with E-state index in [4.69, 9.17) is 32.4 Å². The summed E-state index contributed by atoms with van der Waals surface area (Å²) in [6.45, 7) is 3.32. The Kier molecular flexibility index (Phi) is 11.0. The number of oxime groups is 1. The summed E-state index contributed by atoms with van der Waals surface area (Å²) in [6.07, 6.45) is 2.17. The molecule has 2 aliphatic heterocycles. The highest BCUT2D eigenvalue weighted by Gasteiger charge is 2.55. The maximum Gasteiger partial charge on any atom is 0.352 e. The number of amides is 2. The van der Waals surface area contributed by atoms with E-state index in [-0.39, 0.29) is 39.8 Å². The number of anilines is 2. The predicted octanol–water partition coefficient (Wildman–Crippen LogP) is -0.707. The molecule has 4 heterocycles. The molecule has 0 radical (unpaired) electrons. The van der Waals surface area contributed by atoms with Gasteiger partial charge in [0, 0.05) is 48.8 Å². The summed E-state index contributed by atoms with van der Waals surface area (Å²) >= 11 is 8.29. The Balaban J connectivity index is 1.46. The van der Waals surface area contributed by atoms with Gasteiger partial charge >= 0.3 is 11.9 Å². The van der Waals surface area contributed by atoms with Crippen molar-refractivity contribution >= 4 is 75.0 Å². The third-order valence-corrected chi connectivity index (χ3v) is 8.84. The number of halogens is 1. The Morgan fingerprint density at radius 3 is 2.61 bits per heavy atom. The molecule has 4 rings (SSSR count). The molecule has 8 N–H and O–H groups in total. The van der Waals surface area contributed by atoms with Crippen LogP contribution in [0.5, 0.6) is 0 Å². The van der Waals surface area contributed by atoms with E-state index >= 15 is 0 Å². The number of β-lactam (4-membered cyclic amide) rings is 1. The number of nitrogens with two attached hydrogens (primary N) is 1. The number of aliphatic hydroxyl groups is 1. The molecule has 16 nitrogen and oxygen atoms in total. The lowest BCUT2D eigenvalue weighted by molar-refractivity contribution is -0.688. The number of aromatic nitrogens is 2. The number of thioether (sulfide) groups is 1. The van der Waals surface area contributed by atoms with Crippen LogP contribution in [0.3, 0.4) is 0 Å². The normalized spacial score (nSPS) is 18.8. The zero-order chi connectivity index (χ0) is 32.0. The van der Waals surface area contributed by atoms with Gasteiger partial charge in [-0.3, -0.25) is 14.5 Å². The van der Waals surface area contributed by atoms with Crippen LogP contribution in [0.1, 0.15) is 12.6 Å². The minimum atomic E-state index is -1.41. The number of aliphatic hydroxyl groups excluding tert-OH is 1. The first-order chi connectivity index (χ1) is 21.0. The maximum atomic E-state index is 13.2. The van der Waals surface area contributed by atoms with Crippen LogP contribution in [-0.2, 0) is 30.6 Å². The van der Waals surface area contributed by atoms with Gasteiger partial charge in [0.25, 0.3) is 11.8 Å². The lowest BCUT2D eigenvalue weighted by Crippen LogP contribution is -2.71. The summed E-state index contributed by atoms with van der Waals surface area (Å²) in [5, 5.41) is 39.7. The molecular formula is C25H30ClN8O8S2+. The van der Waals surface area contributed by atoms with Crippen LogP contribution in [0, 0.1) is 0 Å². The molecule has 1 saturated heterocycles. The number of hydrogen-bond donors (Lipinski definition) is 7. The SMILES string of the molecule is C[C@H](ON=C(C(=O)N[C@@H]1C(=O)N2C(C(=O)O)=C(C[n+]3ccc(NCCNCCO)cc3)CS[C@H]12)c1nc(N)sc1Cl)C(=O)O. The molecule has 0 bridgehead atoms. The van der Waals surface area contributed by atoms with Crippen molar-refractivity contribution in [2.45, 2.75) is 31.0 Å². The van der Waals surface area contributed by atoms with Crippen LogP contribution in [0.2, 0.25) is 4.34 Å². The highest BCUT2D eigenvalue weighted by Crippen LogP contribution is 2.40. The second kappa shape index (κ2) is 14.7. The number of fused-ring (bicyclic) bond motifs is 1. The standard InChI is InChI=1S/C25H29ClN8O8S2/c1-12(23(38)39)42-32-16(15-19(26)44-25(27)31-15)20(36)30-17-21(37)34-18(24(40)41)13(11-43-22(17)34)10-33-7-2-14(3-8-33)29-5-4-28-6-9-35/h2-3,7-8,12,17,22,28,35H,4-6,9-11H2,1H3,(H5,27,30,31,36,38,39,40,41)/p+1/t12-,17+,22+/m0/s1. The fourth-order valence-electron chi connectivity index (χ4n) is 4.25. The number of rotatable bonds is 15. The van der Waals surface area contributed by atoms with Crippen LogP contribution in [-0.4, -0.2) is 104 Å². The van der Waals surface area contributed by atoms with E-state index in [2.05, 4.69) is 26.1 Å². The van der Waals surface area contributed by atoms with Crippen molar-refractivity contribution in [3.63, 3.8) is 0 Å². The number of carbonyl (C=O) groups is 4. The van der Waals surface area contributed by atoms with Crippen LogP contribution in [0.4, 0.5) is 10.8 Å². The number of carboxylic acid groups (broad SMARTS) is 2. The molecule has 1 fully saturated rings. The zero-order valence-corrected chi connectivity index (χ0v) is 25.6. The van der Waals surface area contributed by atoms with Gasteiger partial charge in [-0.25, -0.2) is 19.1 Å². The van der Waals surface area contributed by atoms with Gasteiger partial charge < -0.3 is 41.8 Å². The largest absolute Gasteiger partial charge is 0.478 e. The number of carboxylic acids is 2. The van der Waals surface area contributed by atoms with Gasteiger partial charge in [-0.2, -0.15) is 0 Å². The van der Waals surface area contributed by atoms with Crippen molar-refractivity contribution in [1.29, 1.82) is 0 Å². The van der Waals surface area contributed by atoms with Gasteiger partial charge in [0.2, 0.25) is 6.10 Å². The molecule has 2 aromatic heterocycles. The Morgan fingerprint density at radius 2 is 2.00 bits per heavy atom. The number of pyridine rings is 1. The predicted molar refractivity (Wildman–Crippen MR) is 161 cm³/mol. The molecule has 236 valence electrons. The van der Waals surface area contributed by atoms with Crippen LogP contribution >= 0.6 is 34.7 Å². The lowest BCUT2D eigenvalue weighted by atomic mass is 10.0. The molecule has 2 aromatic rings. The van der Waals surface area contributed by atoms with Crippen molar-refractivity contribution in [1.82, 2.24) is 20.5 Å². The van der Waals surface area contributed by atoms with Crippen LogP contribution in [0.25, 0.3) is 0 Å². The van der Waals surface area contributed by atoms with Crippen molar-refractivity contribution in [2.24, 2.45) is 5.16 Å². The smallest absolute Gasteiger partial charge is 0.352 e. The molecule has 0 aromatic carbocycles. The lowest BCUT2D eigenvalue weighted by Gasteiger charge is -2.49. The third kappa shape index (κ3) is 7.56. The van der Waals surface area contributed by atoms with Crippen molar-refractivity contribution in [3.8, 4) is 0 Å². The fraction of sp³-hybridized carbons (Fsp3) is 0.400. The van der Waals surface area contributed by atoms with E-state index in [1.165, 1.54) is 18.7 Å². The summed E-state index contributed by atoms with van der Waals surface area (Å²) in [5.41, 5.74) is 6.25. The Labute approximate surface area is 263 Å². The van der Waals surface area contributed by atoms with Gasteiger partial charge in [0.1, 0.15) is 27.1 Å². The molecule has 44 heavy (non-hydrogen) atoms. The molecule has 0 aliphatic carbocycles.